The third-order valence-electron chi connectivity index (χ3n) is 3.54. The van der Waals surface area contributed by atoms with Gasteiger partial charge in [0.15, 0.2) is 0 Å². The van der Waals surface area contributed by atoms with E-state index < -0.39 is 0 Å². The molecule has 1 heterocycles. The Labute approximate surface area is 122 Å². The third kappa shape index (κ3) is 3.70. The number of aryl methyl sites for hydroxylation is 2. The lowest BCUT2D eigenvalue weighted by molar-refractivity contribution is 0.536. The summed E-state index contributed by atoms with van der Waals surface area (Å²) in [6.07, 6.45) is 5.23. The fraction of sp³-hybridized carbons (Fsp3) is 0.471. The number of hydrogen-bond donors (Lipinski definition) is 1. The average Bonchev–Trinajstić information content (AvgIpc) is 2.83. The molecule has 2 rings (SSSR count). The predicted octanol–water partition coefficient (Wildman–Crippen LogP) is 3.61. The zero-order chi connectivity index (χ0) is 14.5. The molecule has 0 bridgehead atoms. The number of aromatic nitrogens is 2. The quantitative estimate of drug-likeness (QED) is 0.870. The van der Waals surface area contributed by atoms with Crippen molar-refractivity contribution in [3.8, 4) is 0 Å². The van der Waals surface area contributed by atoms with Gasteiger partial charge < -0.3 is 5.32 Å². The molecule has 2 aromatic rings. The zero-order valence-electron chi connectivity index (χ0n) is 13.0. The van der Waals surface area contributed by atoms with Crippen LogP contribution in [0.2, 0.25) is 0 Å². The molecule has 0 aliphatic heterocycles. The molecule has 1 aromatic heterocycles. The highest BCUT2D eigenvalue weighted by molar-refractivity contribution is 5.28. The summed E-state index contributed by atoms with van der Waals surface area (Å²) in [5.74, 6) is 0. The lowest BCUT2D eigenvalue weighted by Gasteiger charge is -2.13. The first-order valence-electron chi connectivity index (χ1n) is 7.45. The Kier molecular flexibility index (Phi) is 4.96. The van der Waals surface area contributed by atoms with E-state index in [-0.39, 0.29) is 0 Å². The van der Waals surface area contributed by atoms with Crippen LogP contribution in [0.5, 0.6) is 0 Å². The highest BCUT2D eigenvalue weighted by Crippen LogP contribution is 2.16. The SMILES string of the molecule is CCNC(CC)c1cnn(Cc2cc(C)cc(C)c2)c1. The molecule has 0 radical (unpaired) electrons. The monoisotopic (exact) mass is 271 g/mol. The van der Waals surface area contributed by atoms with E-state index in [1.807, 2.05) is 10.9 Å². The first kappa shape index (κ1) is 14.8. The van der Waals surface area contributed by atoms with Crippen LogP contribution in [0.3, 0.4) is 0 Å². The molecule has 3 heteroatoms. The molecule has 1 unspecified atom stereocenters. The number of nitrogens with one attached hydrogen (secondary N) is 1. The maximum Gasteiger partial charge on any atom is 0.0659 e. The standard InChI is InChI=1S/C17H25N3/c1-5-17(18-6-2)16-10-19-20(12-16)11-15-8-13(3)7-14(4)9-15/h7-10,12,17-18H,5-6,11H2,1-4H3. The summed E-state index contributed by atoms with van der Waals surface area (Å²) < 4.78 is 2.03. The summed E-state index contributed by atoms with van der Waals surface area (Å²) in [4.78, 5) is 0. The van der Waals surface area contributed by atoms with Crippen molar-refractivity contribution in [1.82, 2.24) is 15.1 Å². The molecule has 0 aliphatic carbocycles. The van der Waals surface area contributed by atoms with Gasteiger partial charge in [0.1, 0.15) is 0 Å². The van der Waals surface area contributed by atoms with Crippen LogP contribution in [-0.2, 0) is 6.54 Å². The lowest BCUT2D eigenvalue weighted by atomic mass is 10.1. The van der Waals surface area contributed by atoms with E-state index in [0.29, 0.717) is 6.04 Å². The van der Waals surface area contributed by atoms with Crippen LogP contribution >= 0.6 is 0 Å². The number of hydrogen-bond acceptors (Lipinski definition) is 2. The molecule has 20 heavy (non-hydrogen) atoms. The van der Waals surface area contributed by atoms with Crippen molar-refractivity contribution in [2.24, 2.45) is 0 Å². The van der Waals surface area contributed by atoms with Gasteiger partial charge in [0.25, 0.3) is 0 Å². The van der Waals surface area contributed by atoms with E-state index in [1.54, 1.807) is 0 Å². The van der Waals surface area contributed by atoms with Crippen molar-refractivity contribution in [2.75, 3.05) is 6.54 Å². The Morgan fingerprint density at radius 3 is 2.45 bits per heavy atom. The minimum absolute atomic E-state index is 0.410. The Hall–Kier alpha value is -1.61. The number of nitrogens with zero attached hydrogens (tertiary/aromatic N) is 2. The van der Waals surface area contributed by atoms with Crippen LogP contribution < -0.4 is 5.32 Å². The molecule has 108 valence electrons. The minimum atomic E-state index is 0.410. The molecule has 0 fully saturated rings. The van der Waals surface area contributed by atoms with Crippen molar-refractivity contribution in [3.63, 3.8) is 0 Å². The molecular formula is C17H25N3. The van der Waals surface area contributed by atoms with Gasteiger partial charge in [-0.25, -0.2) is 0 Å². The minimum Gasteiger partial charge on any atom is -0.310 e. The van der Waals surface area contributed by atoms with E-state index >= 15 is 0 Å². The summed E-state index contributed by atoms with van der Waals surface area (Å²) in [6.45, 7) is 10.5. The summed E-state index contributed by atoms with van der Waals surface area (Å²) >= 11 is 0. The molecule has 3 nitrogen and oxygen atoms in total. The van der Waals surface area contributed by atoms with Crippen molar-refractivity contribution in [3.05, 3.63) is 52.8 Å². The number of benzene rings is 1. The molecule has 0 saturated heterocycles. The van der Waals surface area contributed by atoms with Gasteiger partial charge in [0.05, 0.1) is 12.7 Å². The van der Waals surface area contributed by atoms with Gasteiger partial charge in [0.2, 0.25) is 0 Å². The summed E-state index contributed by atoms with van der Waals surface area (Å²) in [5, 5.41) is 7.99. The fourth-order valence-corrected chi connectivity index (χ4v) is 2.74. The topological polar surface area (TPSA) is 29.9 Å². The van der Waals surface area contributed by atoms with Crippen LogP contribution in [0, 0.1) is 13.8 Å². The lowest BCUT2D eigenvalue weighted by Crippen LogP contribution is -2.19. The van der Waals surface area contributed by atoms with Gasteiger partial charge in [-0.2, -0.15) is 5.10 Å². The Morgan fingerprint density at radius 1 is 1.15 bits per heavy atom. The van der Waals surface area contributed by atoms with Crippen LogP contribution in [0.25, 0.3) is 0 Å². The highest BCUT2D eigenvalue weighted by atomic mass is 15.3. The molecule has 0 spiro atoms. The molecule has 1 aromatic carbocycles. The van der Waals surface area contributed by atoms with Gasteiger partial charge >= 0.3 is 0 Å². The molecular weight excluding hydrogens is 246 g/mol. The fourth-order valence-electron chi connectivity index (χ4n) is 2.74. The van der Waals surface area contributed by atoms with E-state index in [9.17, 15) is 0 Å². The van der Waals surface area contributed by atoms with Crippen molar-refractivity contribution < 1.29 is 0 Å². The summed E-state index contributed by atoms with van der Waals surface area (Å²) in [5.41, 5.74) is 5.21. The Bertz CT molecular complexity index is 537. The molecule has 0 aliphatic rings. The smallest absolute Gasteiger partial charge is 0.0659 e. The normalized spacial score (nSPS) is 12.6. The summed E-state index contributed by atoms with van der Waals surface area (Å²) in [6, 6.07) is 7.08. The first-order chi connectivity index (χ1) is 9.62. The van der Waals surface area contributed by atoms with Crippen molar-refractivity contribution in [2.45, 2.75) is 46.7 Å². The second-order valence-corrected chi connectivity index (χ2v) is 5.49. The second kappa shape index (κ2) is 6.71. The molecule has 1 N–H and O–H groups in total. The predicted molar refractivity (Wildman–Crippen MR) is 84.0 cm³/mol. The van der Waals surface area contributed by atoms with Crippen molar-refractivity contribution in [1.29, 1.82) is 0 Å². The summed E-state index contributed by atoms with van der Waals surface area (Å²) in [7, 11) is 0. The van der Waals surface area contributed by atoms with Crippen LogP contribution in [0.1, 0.15) is 48.6 Å². The van der Waals surface area contributed by atoms with Gasteiger partial charge in [-0.1, -0.05) is 43.2 Å². The highest BCUT2D eigenvalue weighted by Gasteiger charge is 2.10. The van der Waals surface area contributed by atoms with Crippen molar-refractivity contribution >= 4 is 0 Å². The van der Waals surface area contributed by atoms with E-state index in [4.69, 9.17) is 0 Å². The maximum atomic E-state index is 4.50. The largest absolute Gasteiger partial charge is 0.310 e. The van der Waals surface area contributed by atoms with E-state index in [1.165, 1.54) is 22.3 Å². The Morgan fingerprint density at radius 2 is 1.85 bits per heavy atom. The van der Waals surface area contributed by atoms with Gasteiger partial charge in [-0.05, 0) is 32.4 Å². The molecule has 1 atom stereocenters. The van der Waals surface area contributed by atoms with Crippen LogP contribution in [-0.4, -0.2) is 16.3 Å². The van der Waals surface area contributed by atoms with E-state index in [0.717, 1.165) is 19.5 Å². The third-order valence-corrected chi connectivity index (χ3v) is 3.54. The van der Waals surface area contributed by atoms with Crippen LogP contribution in [0.15, 0.2) is 30.6 Å². The van der Waals surface area contributed by atoms with Gasteiger partial charge in [0, 0.05) is 17.8 Å². The number of rotatable bonds is 6. The average molecular weight is 271 g/mol. The molecule has 0 amide bonds. The zero-order valence-corrected chi connectivity index (χ0v) is 13.0. The van der Waals surface area contributed by atoms with Gasteiger partial charge in [-0.15, -0.1) is 0 Å². The maximum absolute atomic E-state index is 4.50. The first-order valence-corrected chi connectivity index (χ1v) is 7.45. The second-order valence-electron chi connectivity index (χ2n) is 5.49. The van der Waals surface area contributed by atoms with E-state index in [2.05, 4.69) is 62.5 Å². The Balaban J connectivity index is 2.12. The molecule has 0 saturated carbocycles. The van der Waals surface area contributed by atoms with Crippen LogP contribution in [0.4, 0.5) is 0 Å². The van der Waals surface area contributed by atoms with Gasteiger partial charge in [-0.3, -0.25) is 4.68 Å².